The largest absolute Gasteiger partial charge is 0.0761 e. The summed E-state index contributed by atoms with van der Waals surface area (Å²) in [4.78, 5) is 0. The quantitative estimate of drug-likeness (QED) is 0.490. The van der Waals surface area contributed by atoms with E-state index < -0.39 is 0 Å². The third kappa shape index (κ3) is 3.18. The summed E-state index contributed by atoms with van der Waals surface area (Å²) in [5.74, 6) is 2.73. The summed E-state index contributed by atoms with van der Waals surface area (Å²) in [6.07, 6.45) is 14.7. The smallest absolute Gasteiger partial charge is 0.00554 e. The normalized spacial score (nSPS) is 22.2. The van der Waals surface area contributed by atoms with Crippen molar-refractivity contribution in [2.45, 2.75) is 51.4 Å². The summed E-state index contributed by atoms with van der Waals surface area (Å²) in [7, 11) is 0. The molecule has 0 bridgehead atoms. The number of hydrogen-bond donors (Lipinski definition) is 0. The van der Waals surface area contributed by atoms with Gasteiger partial charge >= 0.3 is 0 Å². The average molecular weight is 343 g/mol. The van der Waals surface area contributed by atoms with Crippen LogP contribution in [0.2, 0.25) is 0 Å². The van der Waals surface area contributed by atoms with Crippen LogP contribution >= 0.6 is 0 Å². The van der Waals surface area contributed by atoms with Crippen molar-refractivity contribution in [3.63, 3.8) is 0 Å². The van der Waals surface area contributed by atoms with Crippen LogP contribution in [0.4, 0.5) is 0 Å². The molecule has 0 saturated heterocycles. The first-order chi connectivity index (χ1) is 12.8. The molecule has 4 unspecified atom stereocenters. The highest BCUT2D eigenvalue weighted by atomic mass is 14.3. The van der Waals surface area contributed by atoms with Crippen molar-refractivity contribution in [1.82, 2.24) is 0 Å². The molecule has 0 heterocycles. The lowest BCUT2D eigenvalue weighted by molar-refractivity contribution is 0.342. The molecule has 0 fully saturated rings. The lowest BCUT2D eigenvalue weighted by Crippen LogP contribution is -2.15. The van der Waals surface area contributed by atoms with E-state index in [9.17, 15) is 0 Å². The van der Waals surface area contributed by atoms with Crippen LogP contribution in [0.3, 0.4) is 0 Å². The fraction of sp³-hybridized carbons (Fsp3) is 0.385. The van der Waals surface area contributed by atoms with Gasteiger partial charge in [0.15, 0.2) is 0 Å². The molecule has 2 aliphatic rings. The number of rotatable bonds is 7. The van der Waals surface area contributed by atoms with Gasteiger partial charge in [-0.2, -0.15) is 0 Å². The molecule has 0 aliphatic heterocycles. The summed E-state index contributed by atoms with van der Waals surface area (Å²) < 4.78 is 0. The van der Waals surface area contributed by atoms with Crippen LogP contribution in [0, 0.1) is 11.8 Å². The molecule has 0 saturated carbocycles. The van der Waals surface area contributed by atoms with Gasteiger partial charge in [0.25, 0.3) is 0 Å². The fourth-order valence-electron chi connectivity index (χ4n) is 5.08. The summed E-state index contributed by atoms with van der Waals surface area (Å²) in [5, 5.41) is 0. The third-order valence-electron chi connectivity index (χ3n) is 6.65. The Bertz CT molecular complexity index is 741. The Labute approximate surface area is 158 Å². The maximum Gasteiger partial charge on any atom is 0.00554 e. The van der Waals surface area contributed by atoms with Crippen molar-refractivity contribution in [2.24, 2.45) is 11.8 Å². The van der Waals surface area contributed by atoms with Crippen LogP contribution in [0.25, 0.3) is 12.2 Å². The van der Waals surface area contributed by atoms with E-state index in [2.05, 4.69) is 86.7 Å². The number of benzene rings is 2. The maximum atomic E-state index is 2.45. The number of hydrogen-bond acceptors (Lipinski definition) is 0. The van der Waals surface area contributed by atoms with Gasteiger partial charge in [-0.25, -0.2) is 0 Å². The molecule has 0 radical (unpaired) electrons. The van der Waals surface area contributed by atoms with Gasteiger partial charge in [0.1, 0.15) is 0 Å². The summed E-state index contributed by atoms with van der Waals surface area (Å²) in [5.41, 5.74) is 5.93. The zero-order valence-corrected chi connectivity index (χ0v) is 16.1. The van der Waals surface area contributed by atoms with Crippen molar-refractivity contribution in [1.29, 1.82) is 0 Å². The minimum atomic E-state index is 0.611. The minimum Gasteiger partial charge on any atom is -0.0761 e. The molecule has 2 aromatic carbocycles. The molecule has 0 nitrogen and oxygen atoms in total. The Morgan fingerprint density at radius 3 is 1.50 bits per heavy atom. The Hall–Kier alpha value is -2.08. The molecule has 0 spiro atoms. The molecular formula is C26H30. The maximum absolute atomic E-state index is 2.45. The van der Waals surface area contributed by atoms with Gasteiger partial charge in [-0.3, -0.25) is 0 Å². The van der Waals surface area contributed by atoms with Crippen molar-refractivity contribution in [2.75, 3.05) is 0 Å². The lowest BCUT2D eigenvalue weighted by Gasteiger charge is -2.27. The van der Waals surface area contributed by atoms with Gasteiger partial charge in [-0.15, -0.1) is 0 Å². The Morgan fingerprint density at radius 2 is 1.08 bits per heavy atom. The molecule has 26 heavy (non-hydrogen) atoms. The molecule has 0 heteroatoms. The predicted molar refractivity (Wildman–Crippen MR) is 113 cm³/mol. The SMILES string of the molecule is CCC(CCC(CC)C1C=Cc2ccccc21)C1C=Cc2ccccc21. The fourth-order valence-corrected chi connectivity index (χ4v) is 5.08. The van der Waals surface area contributed by atoms with E-state index in [4.69, 9.17) is 0 Å². The summed E-state index contributed by atoms with van der Waals surface area (Å²) in [6, 6.07) is 17.9. The van der Waals surface area contributed by atoms with Crippen LogP contribution in [-0.4, -0.2) is 0 Å². The van der Waals surface area contributed by atoms with Crippen molar-refractivity contribution in [3.8, 4) is 0 Å². The van der Waals surface area contributed by atoms with Crippen LogP contribution < -0.4 is 0 Å². The van der Waals surface area contributed by atoms with E-state index >= 15 is 0 Å². The molecular weight excluding hydrogens is 312 g/mol. The van der Waals surface area contributed by atoms with E-state index in [1.807, 2.05) is 0 Å². The van der Waals surface area contributed by atoms with Gasteiger partial charge < -0.3 is 0 Å². The zero-order valence-electron chi connectivity index (χ0n) is 16.1. The average Bonchev–Trinajstić information content (AvgIpc) is 3.30. The van der Waals surface area contributed by atoms with E-state index in [-0.39, 0.29) is 0 Å². The van der Waals surface area contributed by atoms with Crippen molar-refractivity contribution >= 4 is 12.2 Å². The Kier molecular flexibility index (Phi) is 5.11. The lowest BCUT2D eigenvalue weighted by atomic mass is 9.77. The highest BCUT2D eigenvalue weighted by Crippen LogP contribution is 2.43. The second-order valence-corrected chi connectivity index (χ2v) is 7.94. The second kappa shape index (κ2) is 7.66. The Balaban J connectivity index is 1.45. The third-order valence-corrected chi connectivity index (χ3v) is 6.65. The van der Waals surface area contributed by atoms with Gasteiger partial charge in [0, 0.05) is 11.8 Å². The highest BCUT2D eigenvalue weighted by Gasteiger charge is 2.28. The van der Waals surface area contributed by atoms with Crippen molar-refractivity contribution in [3.05, 3.63) is 82.9 Å². The molecule has 2 aliphatic carbocycles. The molecule has 4 atom stereocenters. The van der Waals surface area contributed by atoms with Gasteiger partial charge in [-0.05, 0) is 46.9 Å². The summed E-state index contributed by atoms with van der Waals surface area (Å²) >= 11 is 0. The van der Waals surface area contributed by atoms with E-state index in [1.165, 1.54) is 36.8 Å². The standard InChI is InChI=1S/C26H30/c1-3-19(25-17-15-21-9-5-7-11-23(21)25)13-14-20(4-2)26-18-16-22-10-6-8-12-24(22)26/h5-12,15-20,25-26H,3-4,13-14H2,1-2H3. The number of fused-ring (bicyclic) bond motifs is 2. The van der Waals surface area contributed by atoms with Crippen molar-refractivity contribution < 1.29 is 0 Å². The second-order valence-electron chi connectivity index (χ2n) is 7.94. The molecule has 2 aromatic rings. The first-order valence-electron chi connectivity index (χ1n) is 10.4. The molecule has 0 aromatic heterocycles. The molecule has 0 amide bonds. The minimum absolute atomic E-state index is 0.611. The van der Waals surface area contributed by atoms with Gasteiger partial charge in [0.05, 0.1) is 0 Å². The van der Waals surface area contributed by atoms with Crippen LogP contribution in [-0.2, 0) is 0 Å². The highest BCUT2D eigenvalue weighted by molar-refractivity contribution is 5.63. The van der Waals surface area contributed by atoms with E-state index in [1.54, 1.807) is 11.1 Å². The first kappa shape index (κ1) is 17.3. The van der Waals surface area contributed by atoms with Gasteiger partial charge in [0.2, 0.25) is 0 Å². The van der Waals surface area contributed by atoms with Crippen LogP contribution in [0.5, 0.6) is 0 Å². The van der Waals surface area contributed by atoms with Gasteiger partial charge in [-0.1, -0.05) is 99.5 Å². The van der Waals surface area contributed by atoms with E-state index in [0.29, 0.717) is 11.8 Å². The molecule has 134 valence electrons. The topological polar surface area (TPSA) is 0 Å². The molecule has 4 rings (SSSR count). The monoisotopic (exact) mass is 342 g/mol. The van der Waals surface area contributed by atoms with E-state index in [0.717, 1.165) is 11.8 Å². The van der Waals surface area contributed by atoms with Crippen LogP contribution in [0.1, 0.15) is 73.6 Å². The summed E-state index contributed by atoms with van der Waals surface area (Å²) in [6.45, 7) is 4.73. The predicted octanol–water partition coefficient (Wildman–Crippen LogP) is 7.44. The Morgan fingerprint density at radius 1 is 0.654 bits per heavy atom. The zero-order chi connectivity index (χ0) is 17.9. The number of allylic oxidation sites excluding steroid dienone is 2. The first-order valence-corrected chi connectivity index (χ1v) is 10.4. The van der Waals surface area contributed by atoms with Crippen LogP contribution in [0.15, 0.2) is 60.7 Å². The molecule has 0 N–H and O–H groups in total.